The number of hydrogen-bond acceptors (Lipinski definition) is 7. The second-order valence-electron chi connectivity index (χ2n) is 7.31. The van der Waals surface area contributed by atoms with E-state index in [1.165, 1.54) is 18.2 Å². The van der Waals surface area contributed by atoms with E-state index < -0.39 is 5.60 Å². The van der Waals surface area contributed by atoms with Gasteiger partial charge in [0.15, 0.2) is 17.0 Å². The summed E-state index contributed by atoms with van der Waals surface area (Å²) in [5.74, 6) is 0.522. The molecule has 1 atom stereocenters. The lowest BCUT2D eigenvalue weighted by Crippen LogP contribution is -2.39. The Balaban J connectivity index is 1.95. The van der Waals surface area contributed by atoms with Crippen molar-refractivity contribution in [2.75, 3.05) is 16.4 Å². The Morgan fingerprint density at radius 1 is 1.32 bits per heavy atom. The summed E-state index contributed by atoms with van der Waals surface area (Å²) in [5, 5.41) is 16.5. The van der Waals surface area contributed by atoms with E-state index >= 15 is 0 Å². The molecule has 28 heavy (non-hydrogen) atoms. The molecule has 0 aliphatic rings. The van der Waals surface area contributed by atoms with Crippen LogP contribution < -0.4 is 16.4 Å². The average Bonchev–Trinajstić information content (AvgIpc) is 3.04. The normalized spacial score (nSPS) is 12.9. The standard InChI is InChI=1S/C19H26FN7O/c1-5-27-10-23-15-16(22-9-12-8-13(20)6-7-14(12)21)25-18(26-17(15)27)24-11(2)19(3,4)28/h6-8,10-11,28H,5,9,21H2,1-4H3,(H2,22,24,25,26). The van der Waals surface area contributed by atoms with Gasteiger partial charge in [-0.1, -0.05) is 0 Å². The van der Waals surface area contributed by atoms with Crippen molar-refractivity contribution in [3.05, 3.63) is 35.9 Å². The summed E-state index contributed by atoms with van der Waals surface area (Å²) in [6, 6.07) is 3.96. The minimum atomic E-state index is -0.951. The number of nitrogens with zero attached hydrogens (tertiary/aromatic N) is 4. The molecule has 3 aromatic rings. The molecule has 150 valence electrons. The number of aryl methyl sites for hydroxylation is 1. The fourth-order valence-corrected chi connectivity index (χ4v) is 2.64. The zero-order chi connectivity index (χ0) is 20.5. The topological polar surface area (TPSA) is 114 Å². The Labute approximate surface area is 163 Å². The number of nitrogen functional groups attached to an aromatic ring is 1. The van der Waals surface area contributed by atoms with E-state index in [2.05, 4.69) is 25.6 Å². The van der Waals surface area contributed by atoms with Crippen molar-refractivity contribution in [3.63, 3.8) is 0 Å². The molecule has 0 fully saturated rings. The van der Waals surface area contributed by atoms with Crippen LogP contribution in [0.2, 0.25) is 0 Å². The number of fused-ring (bicyclic) bond motifs is 1. The quantitative estimate of drug-likeness (QED) is 0.461. The van der Waals surface area contributed by atoms with Crippen LogP contribution >= 0.6 is 0 Å². The molecule has 8 nitrogen and oxygen atoms in total. The van der Waals surface area contributed by atoms with E-state index in [1.54, 1.807) is 20.2 Å². The molecule has 1 unspecified atom stereocenters. The molecule has 0 bridgehead atoms. The van der Waals surface area contributed by atoms with Crippen LogP contribution in [-0.4, -0.2) is 36.3 Å². The molecular weight excluding hydrogens is 361 g/mol. The summed E-state index contributed by atoms with van der Waals surface area (Å²) in [6.45, 7) is 8.26. The molecule has 0 spiro atoms. The maximum absolute atomic E-state index is 13.5. The van der Waals surface area contributed by atoms with Gasteiger partial charge >= 0.3 is 0 Å². The fourth-order valence-electron chi connectivity index (χ4n) is 2.64. The molecule has 0 radical (unpaired) electrons. The highest BCUT2D eigenvalue weighted by atomic mass is 19.1. The largest absolute Gasteiger partial charge is 0.398 e. The number of rotatable bonds is 7. The molecule has 9 heteroatoms. The number of benzene rings is 1. The van der Waals surface area contributed by atoms with Crippen molar-refractivity contribution < 1.29 is 9.50 Å². The van der Waals surface area contributed by atoms with Crippen molar-refractivity contribution in [2.24, 2.45) is 0 Å². The number of nitrogens with one attached hydrogen (secondary N) is 2. The lowest BCUT2D eigenvalue weighted by Gasteiger charge is -2.26. The molecule has 1 aromatic carbocycles. The molecule has 3 rings (SSSR count). The third-order valence-electron chi connectivity index (χ3n) is 4.76. The Hall–Kier alpha value is -2.94. The lowest BCUT2D eigenvalue weighted by molar-refractivity contribution is 0.0646. The van der Waals surface area contributed by atoms with E-state index in [-0.39, 0.29) is 18.4 Å². The van der Waals surface area contributed by atoms with Gasteiger partial charge in [0.1, 0.15) is 5.82 Å². The molecule has 0 saturated heterocycles. The minimum Gasteiger partial charge on any atom is -0.398 e. The Morgan fingerprint density at radius 3 is 2.75 bits per heavy atom. The minimum absolute atomic E-state index is 0.283. The van der Waals surface area contributed by atoms with Gasteiger partial charge in [0.2, 0.25) is 5.95 Å². The number of hydrogen-bond donors (Lipinski definition) is 4. The number of imidazole rings is 1. The third-order valence-corrected chi connectivity index (χ3v) is 4.76. The number of anilines is 3. The van der Waals surface area contributed by atoms with Crippen LogP contribution in [-0.2, 0) is 13.1 Å². The molecule has 0 saturated carbocycles. The van der Waals surface area contributed by atoms with Crippen molar-refractivity contribution in [3.8, 4) is 0 Å². The molecule has 0 amide bonds. The molecule has 5 N–H and O–H groups in total. The van der Waals surface area contributed by atoms with Crippen molar-refractivity contribution in [1.29, 1.82) is 0 Å². The smallest absolute Gasteiger partial charge is 0.227 e. The first-order valence-electron chi connectivity index (χ1n) is 9.18. The van der Waals surface area contributed by atoms with Crippen LogP contribution in [0.15, 0.2) is 24.5 Å². The first-order valence-corrected chi connectivity index (χ1v) is 9.18. The van der Waals surface area contributed by atoms with E-state index in [0.29, 0.717) is 40.7 Å². The van der Waals surface area contributed by atoms with Gasteiger partial charge in [-0.3, -0.25) is 0 Å². The van der Waals surface area contributed by atoms with Crippen molar-refractivity contribution in [1.82, 2.24) is 19.5 Å². The fraction of sp³-hybridized carbons (Fsp3) is 0.421. The Kier molecular flexibility index (Phi) is 5.37. The van der Waals surface area contributed by atoms with Crippen LogP contribution in [0.5, 0.6) is 0 Å². The first kappa shape index (κ1) is 19.8. The van der Waals surface area contributed by atoms with Gasteiger partial charge in [0.25, 0.3) is 0 Å². The van der Waals surface area contributed by atoms with Crippen LogP contribution in [0.3, 0.4) is 0 Å². The van der Waals surface area contributed by atoms with E-state index in [1.807, 2.05) is 18.4 Å². The summed E-state index contributed by atoms with van der Waals surface area (Å²) < 4.78 is 15.4. The predicted octanol–water partition coefficient (Wildman–Crippen LogP) is 2.75. The third kappa shape index (κ3) is 4.14. The maximum atomic E-state index is 13.5. The second-order valence-corrected chi connectivity index (χ2v) is 7.31. The number of aromatic nitrogens is 4. The first-order chi connectivity index (χ1) is 13.2. The molecule has 0 aliphatic heterocycles. The second kappa shape index (κ2) is 7.59. The molecule has 2 aromatic heterocycles. The Morgan fingerprint density at radius 2 is 2.07 bits per heavy atom. The highest BCUT2D eigenvalue weighted by molar-refractivity contribution is 5.84. The van der Waals surface area contributed by atoms with E-state index in [4.69, 9.17) is 5.73 Å². The monoisotopic (exact) mass is 387 g/mol. The molecule has 0 aliphatic carbocycles. The van der Waals surface area contributed by atoms with Gasteiger partial charge in [-0.2, -0.15) is 9.97 Å². The maximum Gasteiger partial charge on any atom is 0.227 e. The van der Waals surface area contributed by atoms with Crippen LogP contribution in [0.25, 0.3) is 11.2 Å². The van der Waals surface area contributed by atoms with E-state index in [9.17, 15) is 9.50 Å². The summed E-state index contributed by atoms with van der Waals surface area (Å²) in [7, 11) is 0. The molecular formula is C19H26FN7O. The summed E-state index contributed by atoms with van der Waals surface area (Å²) in [4.78, 5) is 13.5. The SMILES string of the molecule is CCn1cnc2c(NCc3cc(F)ccc3N)nc(NC(C)C(C)(C)O)nc21. The highest BCUT2D eigenvalue weighted by Crippen LogP contribution is 2.24. The number of halogens is 1. The predicted molar refractivity (Wildman–Crippen MR) is 109 cm³/mol. The van der Waals surface area contributed by atoms with Gasteiger partial charge in [-0.05, 0) is 51.5 Å². The van der Waals surface area contributed by atoms with Crippen LogP contribution in [0.4, 0.5) is 21.8 Å². The van der Waals surface area contributed by atoms with E-state index in [0.717, 1.165) is 0 Å². The van der Waals surface area contributed by atoms with Gasteiger partial charge in [-0.15, -0.1) is 0 Å². The Bertz CT molecular complexity index is 980. The highest BCUT2D eigenvalue weighted by Gasteiger charge is 2.24. The van der Waals surface area contributed by atoms with Gasteiger partial charge in [-0.25, -0.2) is 9.37 Å². The zero-order valence-electron chi connectivity index (χ0n) is 16.5. The number of nitrogens with two attached hydrogens (primary N) is 1. The summed E-state index contributed by atoms with van der Waals surface area (Å²) in [6.07, 6.45) is 1.70. The number of aliphatic hydroxyl groups is 1. The van der Waals surface area contributed by atoms with Crippen LogP contribution in [0, 0.1) is 5.82 Å². The average molecular weight is 387 g/mol. The summed E-state index contributed by atoms with van der Waals surface area (Å²) in [5.41, 5.74) is 7.38. The van der Waals surface area contributed by atoms with Gasteiger partial charge in [0, 0.05) is 18.8 Å². The lowest BCUT2D eigenvalue weighted by atomic mass is 10.0. The van der Waals surface area contributed by atoms with Gasteiger partial charge in [0.05, 0.1) is 18.0 Å². The zero-order valence-corrected chi connectivity index (χ0v) is 16.5. The molecule has 2 heterocycles. The van der Waals surface area contributed by atoms with Gasteiger partial charge < -0.3 is 26.0 Å². The van der Waals surface area contributed by atoms with Crippen LogP contribution in [0.1, 0.15) is 33.3 Å². The van der Waals surface area contributed by atoms with Crippen molar-refractivity contribution in [2.45, 2.75) is 52.4 Å². The summed E-state index contributed by atoms with van der Waals surface area (Å²) >= 11 is 0. The van der Waals surface area contributed by atoms with Crippen molar-refractivity contribution >= 4 is 28.6 Å².